The molecule has 2 aromatic heterocycles. The molecule has 21 heavy (non-hydrogen) atoms. The number of H-pyrrole nitrogens is 1. The minimum Gasteiger partial charge on any atom is -0.378 e. The Morgan fingerprint density at radius 3 is 2.71 bits per heavy atom. The van der Waals surface area contributed by atoms with E-state index in [2.05, 4.69) is 78.2 Å². The minimum absolute atomic E-state index is 0.382. The number of nitrogens with zero attached hydrogens (tertiary/aromatic N) is 2. The summed E-state index contributed by atoms with van der Waals surface area (Å²) in [6.45, 7) is 9.29. The Kier molecular flexibility index (Phi) is 3.45. The average molecular weight is 282 g/mol. The number of rotatable bonds is 4. The molecule has 4 heteroatoms. The Labute approximate surface area is 125 Å². The van der Waals surface area contributed by atoms with Crippen LogP contribution in [-0.2, 0) is 6.54 Å². The summed E-state index contributed by atoms with van der Waals surface area (Å²) in [6, 6.07) is 8.77. The van der Waals surface area contributed by atoms with Crippen molar-refractivity contribution in [1.29, 1.82) is 0 Å². The van der Waals surface area contributed by atoms with Crippen LogP contribution in [0.5, 0.6) is 0 Å². The molecule has 0 amide bonds. The molecule has 0 aliphatic rings. The third-order valence-corrected chi connectivity index (χ3v) is 3.94. The first-order chi connectivity index (χ1) is 10.1. The molecule has 2 heterocycles. The van der Waals surface area contributed by atoms with E-state index < -0.39 is 0 Å². The molecule has 0 bridgehead atoms. The number of aryl methyl sites for hydroxylation is 1. The van der Waals surface area contributed by atoms with Gasteiger partial charge in [0.05, 0.1) is 17.1 Å². The van der Waals surface area contributed by atoms with Crippen LogP contribution in [0.25, 0.3) is 10.9 Å². The number of aromatic amines is 1. The van der Waals surface area contributed by atoms with Gasteiger partial charge in [-0.3, -0.25) is 4.68 Å². The number of aromatic nitrogens is 3. The first-order valence-corrected chi connectivity index (χ1v) is 7.42. The standard InChI is InChI=1S/C17H22N4/c1-11(2)21-13(4)17(12(3)20-21)19-10-14-9-18-16-8-6-5-7-15(14)16/h5-9,11,18-19H,10H2,1-4H3. The fraction of sp³-hybridized carbons (Fsp3) is 0.353. The van der Waals surface area contributed by atoms with E-state index in [0.29, 0.717) is 6.04 Å². The van der Waals surface area contributed by atoms with Gasteiger partial charge in [-0.2, -0.15) is 5.10 Å². The highest BCUT2D eigenvalue weighted by molar-refractivity contribution is 5.83. The molecule has 0 spiro atoms. The molecular weight excluding hydrogens is 260 g/mol. The van der Waals surface area contributed by atoms with Gasteiger partial charge in [-0.15, -0.1) is 0 Å². The summed E-state index contributed by atoms with van der Waals surface area (Å²) in [5, 5.41) is 9.44. The third kappa shape index (κ3) is 2.42. The fourth-order valence-corrected chi connectivity index (χ4v) is 2.88. The molecule has 110 valence electrons. The predicted molar refractivity (Wildman–Crippen MR) is 87.7 cm³/mol. The second-order valence-corrected chi connectivity index (χ2v) is 5.80. The van der Waals surface area contributed by atoms with Crippen LogP contribution < -0.4 is 5.32 Å². The smallest absolute Gasteiger partial charge is 0.0828 e. The molecule has 3 aromatic rings. The van der Waals surface area contributed by atoms with Crippen LogP contribution in [0.15, 0.2) is 30.5 Å². The largest absolute Gasteiger partial charge is 0.378 e. The topological polar surface area (TPSA) is 45.6 Å². The second-order valence-electron chi connectivity index (χ2n) is 5.80. The first-order valence-electron chi connectivity index (χ1n) is 7.42. The number of hydrogen-bond acceptors (Lipinski definition) is 2. The van der Waals surface area contributed by atoms with Crippen LogP contribution in [-0.4, -0.2) is 14.8 Å². The number of hydrogen-bond donors (Lipinski definition) is 2. The Morgan fingerprint density at radius 2 is 2.00 bits per heavy atom. The number of benzene rings is 1. The normalized spacial score (nSPS) is 11.5. The van der Waals surface area contributed by atoms with Gasteiger partial charge >= 0.3 is 0 Å². The van der Waals surface area contributed by atoms with Crippen molar-refractivity contribution in [2.75, 3.05) is 5.32 Å². The summed E-state index contributed by atoms with van der Waals surface area (Å²) in [5.74, 6) is 0. The van der Waals surface area contributed by atoms with Crippen LogP contribution in [0, 0.1) is 13.8 Å². The molecule has 0 fully saturated rings. The van der Waals surface area contributed by atoms with Crippen molar-refractivity contribution in [3.05, 3.63) is 47.4 Å². The van der Waals surface area contributed by atoms with E-state index in [-0.39, 0.29) is 0 Å². The van der Waals surface area contributed by atoms with Crippen molar-refractivity contribution >= 4 is 16.6 Å². The quantitative estimate of drug-likeness (QED) is 0.754. The summed E-state index contributed by atoms with van der Waals surface area (Å²) < 4.78 is 2.08. The highest BCUT2D eigenvalue weighted by Gasteiger charge is 2.13. The lowest BCUT2D eigenvalue weighted by Crippen LogP contribution is -2.06. The van der Waals surface area contributed by atoms with E-state index in [1.807, 2.05) is 0 Å². The highest BCUT2D eigenvalue weighted by Crippen LogP contribution is 2.24. The third-order valence-electron chi connectivity index (χ3n) is 3.94. The Balaban J connectivity index is 1.85. The Morgan fingerprint density at radius 1 is 1.24 bits per heavy atom. The zero-order valence-electron chi connectivity index (χ0n) is 13.1. The molecule has 4 nitrogen and oxygen atoms in total. The fourth-order valence-electron chi connectivity index (χ4n) is 2.88. The van der Waals surface area contributed by atoms with Crippen LogP contribution in [0.4, 0.5) is 5.69 Å². The van der Waals surface area contributed by atoms with E-state index in [4.69, 9.17) is 0 Å². The summed E-state index contributed by atoms with van der Waals surface area (Å²) >= 11 is 0. The van der Waals surface area contributed by atoms with Gasteiger partial charge in [0.15, 0.2) is 0 Å². The van der Waals surface area contributed by atoms with Crippen LogP contribution in [0.1, 0.15) is 36.8 Å². The zero-order valence-corrected chi connectivity index (χ0v) is 13.1. The number of fused-ring (bicyclic) bond motifs is 1. The van der Waals surface area contributed by atoms with Crippen molar-refractivity contribution in [3.8, 4) is 0 Å². The number of nitrogens with one attached hydrogen (secondary N) is 2. The monoisotopic (exact) mass is 282 g/mol. The van der Waals surface area contributed by atoms with Gasteiger partial charge in [0, 0.05) is 29.7 Å². The maximum atomic E-state index is 4.62. The molecule has 0 aliphatic carbocycles. The van der Waals surface area contributed by atoms with E-state index in [1.54, 1.807) is 0 Å². The van der Waals surface area contributed by atoms with E-state index in [1.165, 1.54) is 22.2 Å². The van der Waals surface area contributed by atoms with Crippen molar-refractivity contribution in [2.24, 2.45) is 0 Å². The van der Waals surface area contributed by atoms with Crippen LogP contribution >= 0.6 is 0 Å². The van der Waals surface area contributed by atoms with E-state index in [0.717, 1.165) is 17.9 Å². The lowest BCUT2D eigenvalue weighted by atomic mass is 10.1. The molecule has 3 rings (SSSR count). The summed E-state index contributed by atoms with van der Waals surface area (Å²) in [6.07, 6.45) is 2.08. The molecule has 0 unspecified atom stereocenters. The molecule has 1 aromatic carbocycles. The van der Waals surface area contributed by atoms with E-state index in [9.17, 15) is 0 Å². The maximum absolute atomic E-state index is 4.62. The van der Waals surface area contributed by atoms with E-state index >= 15 is 0 Å². The second kappa shape index (κ2) is 5.28. The molecule has 2 N–H and O–H groups in total. The van der Waals surface area contributed by atoms with Gasteiger partial charge in [-0.05, 0) is 39.3 Å². The molecular formula is C17H22N4. The van der Waals surface area contributed by atoms with Crippen LogP contribution in [0.3, 0.4) is 0 Å². The number of anilines is 1. The predicted octanol–water partition coefficient (Wildman–Crippen LogP) is 4.17. The van der Waals surface area contributed by atoms with Gasteiger partial charge in [-0.25, -0.2) is 0 Å². The van der Waals surface area contributed by atoms with Gasteiger partial charge in [0.1, 0.15) is 0 Å². The van der Waals surface area contributed by atoms with Crippen LogP contribution in [0.2, 0.25) is 0 Å². The summed E-state index contributed by atoms with van der Waals surface area (Å²) in [7, 11) is 0. The molecule has 0 saturated carbocycles. The first kappa shape index (κ1) is 13.7. The van der Waals surface area contributed by atoms with Crippen molar-refractivity contribution in [1.82, 2.24) is 14.8 Å². The van der Waals surface area contributed by atoms with Gasteiger partial charge in [-0.1, -0.05) is 18.2 Å². The molecule has 0 atom stereocenters. The Bertz CT molecular complexity index is 764. The average Bonchev–Trinajstić information content (AvgIpc) is 2.99. The highest BCUT2D eigenvalue weighted by atomic mass is 15.3. The lowest BCUT2D eigenvalue weighted by Gasteiger charge is -2.09. The molecule has 0 radical (unpaired) electrons. The zero-order chi connectivity index (χ0) is 15.0. The van der Waals surface area contributed by atoms with Gasteiger partial charge in [0.2, 0.25) is 0 Å². The number of para-hydroxylation sites is 1. The van der Waals surface area contributed by atoms with Crippen molar-refractivity contribution < 1.29 is 0 Å². The maximum Gasteiger partial charge on any atom is 0.0828 e. The van der Waals surface area contributed by atoms with Gasteiger partial charge < -0.3 is 10.3 Å². The minimum atomic E-state index is 0.382. The SMILES string of the molecule is Cc1nn(C(C)C)c(C)c1NCc1c[nH]c2ccccc12. The lowest BCUT2D eigenvalue weighted by molar-refractivity contribution is 0.516. The summed E-state index contributed by atoms with van der Waals surface area (Å²) in [4.78, 5) is 3.32. The summed E-state index contributed by atoms with van der Waals surface area (Å²) in [5.41, 5.74) is 5.86. The van der Waals surface area contributed by atoms with Crippen molar-refractivity contribution in [3.63, 3.8) is 0 Å². The molecule has 0 aliphatic heterocycles. The molecule has 0 saturated heterocycles. The van der Waals surface area contributed by atoms with Crippen molar-refractivity contribution in [2.45, 2.75) is 40.3 Å². The van der Waals surface area contributed by atoms with Gasteiger partial charge in [0.25, 0.3) is 0 Å². The Hall–Kier alpha value is -2.23.